The van der Waals surface area contributed by atoms with E-state index in [0.29, 0.717) is 0 Å². The monoisotopic (exact) mass is 213 g/mol. The van der Waals surface area contributed by atoms with Gasteiger partial charge in [0.1, 0.15) is 0 Å². The quantitative estimate of drug-likeness (QED) is 0.700. The van der Waals surface area contributed by atoms with E-state index in [9.17, 15) is 0 Å². The number of nitrogens with two attached hydrogens (primary N) is 1. The van der Waals surface area contributed by atoms with E-state index in [-0.39, 0.29) is 0 Å². The van der Waals surface area contributed by atoms with E-state index >= 15 is 0 Å². The number of rotatable bonds is 6. The number of aromatic nitrogens is 1. The number of H-pyrrole nitrogens is 1. The standard InChI is InChI=1S/C10H19N3S/c1-13(2)7-10-5-9(6-12-10)8-14-4-3-11/h5-6,12H,3-4,7-8,11H2,1-2H3. The van der Waals surface area contributed by atoms with Gasteiger partial charge in [0.25, 0.3) is 0 Å². The van der Waals surface area contributed by atoms with Crippen LogP contribution in [-0.4, -0.2) is 36.3 Å². The molecule has 1 heterocycles. The second-order valence-corrected chi connectivity index (χ2v) is 4.72. The molecule has 0 bridgehead atoms. The Morgan fingerprint density at radius 2 is 2.29 bits per heavy atom. The van der Waals surface area contributed by atoms with E-state index in [1.54, 1.807) is 0 Å². The van der Waals surface area contributed by atoms with Crippen LogP contribution in [0.15, 0.2) is 12.3 Å². The van der Waals surface area contributed by atoms with Crippen molar-refractivity contribution in [2.75, 3.05) is 26.4 Å². The minimum atomic E-state index is 0.764. The summed E-state index contributed by atoms with van der Waals surface area (Å²) in [5.74, 6) is 2.09. The second-order valence-electron chi connectivity index (χ2n) is 3.61. The van der Waals surface area contributed by atoms with Gasteiger partial charge in [-0.1, -0.05) is 0 Å². The lowest BCUT2D eigenvalue weighted by molar-refractivity contribution is 0.398. The average Bonchev–Trinajstić information content (AvgIpc) is 2.52. The molecule has 1 aromatic rings. The van der Waals surface area contributed by atoms with Crippen LogP contribution in [0, 0.1) is 0 Å². The van der Waals surface area contributed by atoms with Gasteiger partial charge < -0.3 is 15.6 Å². The fourth-order valence-corrected chi connectivity index (χ4v) is 1.99. The van der Waals surface area contributed by atoms with E-state index in [4.69, 9.17) is 5.73 Å². The molecule has 0 saturated carbocycles. The lowest BCUT2D eigenvalue weighted by atomic mass is 10.3. The highest BCUT2D eigenvalue weighted by molar-refractivity contribution is 7.98. The Morgan fingerprint density at radius 1 is 1.50 bits per heavy atom. The maximum absolute atomic E-state index is 5.43. The van der Waals surface area contributed by atoms with Gasteiger partial charge >= 0.3 is 0 Å². The topological polar surface area (TPSA) is 45.0 Å². The van der Waals surface area contributed by atoms with Crippen molar-refractivity contribution in [2.45, 2.75) is 12.3 Å². The average molecular weight is 213 g/mol. The number of thioether (sulfide) groups is 1. The van der Waals surface area contributed by atoms with Crippen molar-refractivity contribution < 1.29 is 0 Å². The highest BCUT2D eigenvalue weighted by Gasteiger charge is 2.00. The van der Waals surface area contributed by atoms with Crippen LogP contribution in [0.2, 0.25) is 0 Å². The zero-order chi connectivity index (χ0) is 10.4. The van der Waals surface area contributed by atoms with Crippen molar-refractivity contribution >= 4 is 11.8 Å². The van der Waals surface area contributed by atoms with Gasteiger partial charge in [0, 0.05) is 36.5 Å². The molecule has 0 fully saturated rings. The molecule has 3 N–H and O–H groups in total. The molecule has 0 amide bonds. The van der Waals surface area contributed by atoms with Crippen LogP contribution in [0.5, 0.6) is 0 Å². The molecule has 0 atom stereocenters. The molecule has 4 heteroatoms. The van der Waals surface area contributed by atoms with Gasteiger partial charge in [-0.25, -0.2) is 0 Å². The number of aromatic amines is 1. The summed E-state index contributed by atoms with van der Waals surface area (Å²) in [5.41, 5.74) is 8.07. The fourth-order valence-electron chi connectivity index (χ4n) is 1.28. The Balaban J connectivity index is 2.35. The first-order chi connectivity index (χ1) is 6.72. The molecule has 80 valence electrons. The van der Waals surface area contributed by atoms with Crippen LogP contribution in [0.3, 0.4) is 0 Å². The minimum Gasteiger partial charge on any atom is -0.364 e. The first kappa shape index (κ1) is 11.6. The predicted molar refractivity (Wildman–Crippen MR) is 63.4 cm³/mol. The normalized spacial score (nSPS) is 11.1. The van der Waals surface area contributed by atoms with Crippen LogP contribution in [0.25, 0.3) is 0 Å². The number of nitrogens with zero attached hydrogens (tertiary/aromatic N) is 1. The first-order valence-corrected chi connectivity index (χ1v) is 5.96. The largest absolute Gasteiger partial charge is 0.364 e. The van der Waals surface area contributed by atoms with Crippen molar-refractivity contribution in [1.82, 2.24) is 9.88 Å². The smallest absolute Gasteiger partial charge is 0.0379 e. The summed E-state index contributed by atoms with van der Waals surface area (Å²) in [7, 11) is 4.15. The maximum Gasteiger partial charge on any atom is 0.0379 e. The Labute approximate surface area is 90.1 Å². The summed E-state index contributed by atoms with van der Waals surface area (Å²) in [6, 6.07) is 2.23. The molecule has 14 heavy (non-hydrogen) atoms. The predicted octanol–water partition coefficient (Wildman–Crippen LogP) is 1.27. The minimum absolute atomic E-state index is 0.764. The Kier molecular flexibility index (Phi) is 5.07. The van der Waals surface area contributed by atoms with Crippen molar-refractivity contribution in [3.63, 3.8) is 0 Å². The van der Waals surface area contributed by atoms with Gasteiger partial charge in [0.15, 0.2) is 0 Å². The van der Waals surface area contributed by atoms with E-state index in [1.165, 1.54) is 11.3 Å². The molecule has 0 spiro atoms. The molecule has 0 saturated heterocycles. The summed E-state index contributed by atoms with van der Waals surface area (Å²) in [6.07, 6.45) is 2.09. The summed E-state index contributed by atoms with van der Waals surface area (Å²) in [4.78, 5) is 5.43. The molecule has 0 aliphatic rings. The molecule has 3 nitrogen and oxygen atoms in total. The van der Waals surface area contributed by atoms with Crippen LogP contribution in [0.4, 0.5) is 0 Å². The zero-order valence-corrected chi connectivity index (χ0v) is 9.73. The van der Waals surface area contributed by atoms with Crippen molar-refractivity contribution in [2.24, 2.45) is 5.73 Å². The maximum atomic E-state index is 5.43. The van der Waals surface area contributed by atoms with Gasteiger partial charge in [-0.15, -0.1) is 0 Å². The third-order valence-electron chi connectivity index (χ3n) is 1.82. The summed E-state index contributed by atoms with van der Waals surface area (Å²) < 4.78 is 0. The van der Waals surface area contributed by atoms with Crippen molar-refractivity contribution in [3.05, 3.63) is 23.5 Å². The third kappa shape index (κ3) is 4.17. The van der Waals surface area contributed by atoms with Crippen LogP contribution < -0.4 is 5.73 Å². The lowest BCUT2D eigenvalue weighted by Crippen LogP contribution is -2.10. The molecule has 0 aliphatic carbocycles. The van der Waals surface area contributed by atoms with E-state index in [2.05, 4.69) is 36.2 Å². The van der Waals surface area contributed by atoms with E-state index in [1.807, 2.05) is 11.8 Å². The third-order valence-corrected chi connectivity index (χ3v) is 2.88. The number of hydrogen-bond acceptors (Lipinski definition) is 3. The van der Waals surface area contributed by atoms with Gasteiger partial charge in [0.2, 0.25) is 0 Å². The van der Waals surface area contributed by atoms with Gasteiger partial charge in [-0.2, -0.15) is 11.8 Å². The van der Waals surface area contributed by atoms with Crippen LogP contribution in [-0.2, 0) is 12.3 Å². The Bertz CT molecular complexity index is 258. The molecule has 1 aromatic heterocycles. The SMILES string of the molecule is CN(C)Cc1cc(CSCCN)c[nH]1. The van der Waals surface area contributed by atoms with Crippen LogP contribution in [0.1, 0.15) is 11.3 Å². The highest BCUT2D eigenvalue weighted by Crippen LogP contribution is 2.13. The molecular weight excluding hydrogens is 194 g/mol. The van der Waals surface area contributed by atoms with Crippen molar-refractivity contribution in [3.8, 4) is 0 Å². The summed E-state index contributed by atoms with van der Waals surface area (Å²) in [5, 5.41) is 0. The van der Waals surface area contributed by atoms with Crippen LogP contribution >= 0.6 is 11.8 Å². The summed E-state index contributed by atoms with van der Waals surface area (Å²) >= 11 is 1.88. The molecular formula is C10H19N3S. The highest BCUT2D eigenvalue weighted by atomic mass is 32.2. The lowest BCUT2D eigenvalue weighted by Gasteiger charge is -2.06. The first-order valence-electron chi connectivity index (χ1n) is 4.81. The molecule has 0 aliphatic heterocycles. The number of hydrogen-bond donors (Lipinski definition) is 2. The second kappa shape index (κ2) is 6.11. The Hall–Kier alpha value is -0.450. The molecule has 0 unspecified atom stereocenters. The van der Waals surface area contributed by atoms with Gasteiger partial charge in [-0.05, 0) is 25.7 Å². The van der Waals surface area contributed by atoms with E-state index in [0.717, 1.165) is 24.6 Å². The number of nitrogens with one attached hydrogen (secondary N) is 1. The molecule has 0 aromatic carbocycles. The zero-order valence-electron chi connectivity index (χ0n) is 8.92. The molecule has 1 rings (SSSR count). The Morgan fingerprint density at radius 3 is 2.93 bits per heavy atom. The summed E-state index contributed by atoms with van der Waals surface area (Å²) in [6.45, 7) is 1.74. The van der Waals surface area contributed by atoms with Gasteiger partial charge in [-0.3, -0.25) is 0 Å². The van der Waals surface area contributed by atoms with Gasteiger partial charge in [0.05, 0.1) is 0 Å². The molecule has 0 radical (unpaired) electrons. The fraction of sp³-hybridized carbons (Fsp3) is 0.600. The van der Waals surface area contributed by atoms with Crippen molar-refractivity contribution in [1.29, 1.82) is 0 Å². The van der Waals surface area contributed by atoms with E-state index < -0.39 is 0 Å².